The largest absolute Gasteiger partial charge is 0.481 e. The van der Waals surface area contributed by atoms with Crippen molar-refractivity contribution in [3.8, 4) is 0 Å². The quantitative estimate of drug-likeness (QED) is 0.0704. The number of benzene rings is 1. The minimum atomic E-state index is -1.46. The van der Waals surface area contributed by atoms with E-state index in [0.29, 0.717) is 22.0 Å². The number of aromatic nitrogens is 1. The Labute approximate surface area is 668 Å². The summed E-state index contributed by atoms with van der Waals surface area (Å²) in [5, 5.41) is 52.7. The fourth-order valence-corrected chi connectivity index (χ4v) is 14.9. The number of carbonyl (C=O) groups is 17. The number of Topliss-reactive ketones (excluding diaryl/α,β-unsaturated/α-hetero) is 1. The van der Waals surface area contributed by atoms with E-state index >= 15 is 0 Å². The van der Waals surface area contributed by atoms with Crippen LogP contribution in [-0.2, 0) is 97.3 Å². The summed E-state index contributed by atoms with van der Waals surface area (Å²) in [5.74, 6) is -16.7. The predicted molar refractivity (Wildman–Crippen MR) is 416 cm³/mol. The molecule has 0 radical (unpaired) electrons. The molecule has 113 heavy (non-hydrogen) atoms. The van der Waals surface area contributed by atoms with E-state index in [1.807, 2.05) is 27.7 Å². The number of hydrazine groups is 1. The first kappa shape index (κ1) is 96.0. The number of amides is 12. The van der Waals surface area contributed by atoms with Crippen LogP contribution in [0.1, 0.15) is 162 Å². The Morgan fingerprint density at radius 1 is 0.708 bits per heavy atom. The number of carbonyl (C=O) groups excluding carboxylic acids is 14. The molecular formula is C73H110N14O23S3. The number of carboxylic acids is 3. The zero-order valence-electron chi connectivity index (χ0n) is 66.5. The molecule has 3 heterocycles. The van der Waals surface area contributed by atoms with Crippen LogP contribution in [-0.4, -0.2) is 272 Å². The highest BCUT2D eigenvalue weighted by Gasteiger charge is 2.42. The summed E-state index contributed by atoms with van der Waals surface area (Å²) in [6.45, 7) is 15.8. The Balaban J connectivity index is 1.62. The smallest absolute Gasteiger partial charge is 0.317 e. The van der Waals surface area contributed by atoms with Crippen LogP contribution in [0.15, 0.2) is 23.6 Å². The van der Waals surface area contributed by atoms with Gasteiger partial charge in [0.25, 0.3) is 11.8 Å². The average Bonchev–Trinajstić information content (AvgIpc) is 1.82. The molecule has 12 atom stereocenters. The number of nitrogens with one attached hydrogen (secondary N) is 9. The van der Waals surface area contributed by atoms with E-state index in [-0.39, 0.29) is 129 Å². The summed E-state index contributed by atoms with van der Waals surface area (Å²) >= 11 is 2.53. The fourth-order valence-electron chi connectivity index (χ4n) is 11.5. The van der Waals surface area contributed by atoms with Gasteiger partial charge in [-0.3, -0.25) is 86.4 Å². The molecule has 12 N–H and O–H groups in total. The minimum absolute atomic E-state index is 0.00329. The predicted octanol–water partition coefficient (Wildman–Crippen LogP) is 1.69. The Morgan fingerprint density at radius 2 is 1.25 bits per heavy atom. The topological polar surface area (TPSA) is 513 Å². The number of thioether (sulfide) groups is 2. The number of rotatable bonds is 23. The number of hydrogen-bond acceptors (Lipinski definition) is 25. The van der Waals surface area contributed by atoms with Crippen molar-refractivity contribution in [2.75, 3.05) is 89.5 Å². The Morgan fingerprint density at radius 3 is 1.75 bits per heavy atom. The molecule has 37 nitrogen and oxygen atoms in total. The van der Waals surface area contributed by atoms with Gasteiger partial charge in [-0.15, -0.1) is 34.9 Å². The van der Waals surface area contributed by atoms with E-state index in [9.17, 15) is 96.8 Å². The third-order valence-corrected chi connectivity index (χ3v) is 22.7. The normalized spacial score (nSPS) is 21.9. The third kappa shape index (κ3) is 31.2. The van der Waals surface area contributed by atoms with Crippen LogP contribution < -0.4 is 47.9 Å². The summed E-state index contributed by atoms with van der Waals surface area (Å²) in [7, 11) is 5.24. The number of ether oxygens (including phenoxy) is 3. The van der Waals surface area contributed by atoms with Crippen molar-refractivity contribution in [1.82, 2.24) is 62.0 Å². The van der Waals surface area contributed by atoms with Crippen molar-refractivity contribution in [2.45, 2.75) is 199 Å². The molecule has 1 saturated heterocycles. The van der Waals surface area contributed by atoms with Gasteiger partial charge in [0.05, 0.1) is 67.4 Å². The minimum Gasteiger partial charge on any atom is -0.481 e. The van der Waals surface area contributed by atoms with Crippen molar-refractivity contribution < 1.29 is 111 Å². The van der Waals surface area contributed by atoms with Gasteiger partial charge in [-0.2, -0.15) is 0 Å². The molecule has 3 unspecified atom stereocenters. The monoisotopic (exact) mass is 1650 g/mol. The highest BCUT2D eigenvalue weighted by Crippen LogP contribution is 2.35. The fraction of sp³-hybridized carbons (Fsp3) is 0.644. The second kappa shape index (κ2) is 46.1. The first-order valence-electron chi connectivity index (χ1n) is 37.0. The lowest BCUT2D eigenvalue weighted by Gasteiger charge is -2.38. The maximum absolute atomic E-state index is 14.5. The van der Waals surface area contributed by atoms with Gasteiger partial charge in [-0.1, -0.05) is 47.1 Å². The zero-order valence-corrected chi connectivity index (χ0v) is 69.0. The van der Waals surface area contributed by atoms with Gasteiger partial charge in [0.2, 0.25) is 59.1 Å². The number of nitrogens with zero attached hydrogens (tertiary/aromatic N) is 5. The third-order valence-electron chi connectivity index (χ3n) is 19.1. The van der Waals surface area contributed by atoms with Crippen LogP contribution in [0.25, 0.3) is 0 Å². The highest BCUT2D eigenvalue weighted by atomic mass is 32.2. The van der Waals surface area contributed by atoms with Crippen molar-refractivity contribution in [2.24, 2.45) is 23.7 Å². The van der Waals surface area contributed by atoms with E-state index in [1.54, 1.807) is 44.8 Å². The number of thiazole rings is 1. The summed E-state index contributed by atoms with van der Waals surface area (Å²) in [6, 6.07) is -2.42. The van der Waals surface area contributed by atoms with Crippen molar-refractivity contribution in [1.29, 1.82) is 0 Å². The molecule has 2 aliphatic heterocycles. The summed E-state index contributed by atoms with van der Waals surface area (Å²) < 4.78 is 16.9. The molecule has 0 bridgehead atoms. The standard InChI is InChI=1S/C73H110N14O23S3/c1-16-39(4)48(30-56(89)73(11,12)84(13)14)69(102)85(15)52(38(2)3)31-53(110-45(10)88)68-83-51(36-111-68)67(101)80-47(27-40(5)71(104)105)28-46-17-18-49-50(29-46)82-66(100)44(9)79-64(98)42(7)77-58(91)19-23-108-25-21-74-59(92)34-86-61(94)32-55(72(106)107)113-37-112-54(33-62(95)96)70(103)87(86)35-60(93)75-22-26-109-24-20-57(90)76-41(6)63(97)78-43(8)65(99)81-49/h17-18,29,36,38-44,47-48,52-55H,16,19-28,30-35,37H2,1-15H3,(H,74,92)(H,75,93)(H,76,90)(H,77,91)(H,78,97)(H,79,98)(H,80,101)(H,81,99)(H,82,100)(H,95,96)(H,104,105)(H,106,107)/t39-,40?,41-,42-,43-,44-,47+,48-,52+,53+,54?,55?/m0/s1. The van der Waals surface area contributed by atoms with Crippen LogP contribution in [0.5, 0.6) is 0 Å². The first-order valence-corrected chi connectivity index (χ1v) is 40.0. The highest BCUT2D eigenvalue weighted by molar-refractivity contribution is 8.17. The van der Waals surface area contributed by atoms with Crippen LogP contribution in [0, 0.1) is 23.7 Å². The van der Waals surface area contributed by atoms with Gasteiger partial charge in [0.15, 0.2) is 11.9 Å². The molecular weight excluding hydrogens is 1540 g/mol. The zero-order chi connectivity index (χ0) is 84.9. The first-order chi connectivity index (χ1) is 52.9. The lowest BCUT2D eigenvalue weighted by atomic mass is 9.81. The number of carboxylic acid groups (broad SMARTS) is 3. The van der Waals surface area contributed by atoms with Gasteiger partial charge in [0.1, 0.15) is 53.2 Å². The van der Waals surface area contributed by atoms with Gasteiger partial charge < -0.3 is 82.3 Å². The number of ketones is 1. The van der Waals surface area contributed by atoms with Crippen LogP contribution in [0.4, 0.5) is 11.4 Å². The molecule has 1 fully saturated rings. The Bertz CT molecular complexity index is 3750. The molecule has 1 aromatic carbocycles. The molecule has 2 aromatic rings. The maximum atomic E-state index is 14.5. The molecule has 1 aromatic heterocycles. The average molecular weight is 1650 g/mol. The van der Waals surface area contributed by atoms with Gasteiger partial charge in [-0.25, -0.2) is 15.0 Å². The molecule has 0 spiro atoms. The summed E-state index contributed by atoms with van der Waals surface area (Å²) in [4.78, 5) is 236. The molecule has 0 saturated carbocycles. The number of anilines is 2. The van der Waals surface area contributed by atoms with Crippen LogP contribution >= 0.6 is 34.9 Å². The van der Waals surface area contributed by atoms with Crippen LogP contribution in [0.3, 0.4) is 0 Å². The molecule has 12 amide bonds. The molecule has 40 heteroatoms. The van der Waals surface area contributed by atoms with E-state index in [0.717, 1.165) is 34.9 Å². The van der Waals surface area contributed by atoms with E-state index in [1.165, 1.54) is 65.1 Å². The lowest BCUT2D eigenvalue weighted by molar-refractivity contribution is -0.168. The van der Waals surface area contributed by atoms with Crippen molar-refractivity contribution in [3.63, 3.8) is 0 Å². The molecule has 0 aliphatic carbocycles. The maximum Gasteiger partial charge on any atom is 0.317 e. The number of esters is 1. The van der Waals surface area contributed by atoms with Crippen LogP contribution in [0.2, 0.25) is 0 Å². The lowest BCUT2D eigenvalue weighted by Crippen LogP contribution is -2.59. The number of hydrogen-bond donors (Lipinski definition) is 12. The number of likely N-dealkylation sites (N-methyl/N-ethyl adjacent to an activating group) is 1. The second-order valence-corrected chi connectivity index (χ2v) is 32.5. The molecule has 2 aliphatic rings. The van der Waals surface area contributed by atoms with E-state index in [2.05, 4.69) is 52.8 Å². The number of aliphatic carboxylic acids is 3. The summed E-state index contributed by atoms with van der Waals surface area (Å²) in [6.07, 6.45) is -2.87. The Kier molecular flexibility index (Phi) is 39.2. The van der Waals surface area contributed by atoms with E-state index < -0.39 is 185 Å². The van der Waals surface area contributed by atoms with E-state index in [4.69, 9.17) is 14.2 Å². The molecule has 4 rings (SSSR count). The SMILES string of the molecule is CC[C@H](C)[C@H](CC(=O)C(C)(C)N(C)C)C(=O)N(C)[C@H](C[C@@H](OC(C)=O)c1nc(C(=O)N[C@@H](Cc2ccc3c(c2)NC(=O)[C@H](C)NC(=O)[C@H](C)NC(=O)CCOCCNC(=O)CN2C(=O)CC(C(=O)O)SCSC(CC(=O)O)C(=O)N2CC(=O)NCCOCCC(=O)N[C@@H](C)C(=O)N[C@@H](C)C(=O)N3)CC(C)C(=O)O)cs1)C(C)C. The Hall–Kier alpha value is -9.38. The second-order valence-electron chi connectivity index (χ2n) is 28.8. The van der Waals surface area contributed by atoms with Gasteiger partial charge in [0, 0.05) is 81.2 Å². The van der Waals surface area contributed by atoms with Gasteiger partial charge >= 0.3 is 23.9 Å². The summed E-state index contributed by atoms with van der Waals surface area (Å²) in [5.41, 5.74) is -0.758. The van der Waals surface area contributed by atoms with Crippen molar-refractivity contribution in [3.05, 3.63) is 39.8 Å². The van der Waals surface area contributed by atoms with Gasteiger partial charge in [-0.05, 0) is 98.0 Å². The number of fused-ring (bicyclic) bond motifs is 2. The van der Waals surface area contributed by atoms with Crippen molar-refractivity contribution >= 4 is 147 Å². The molecule has 628 valence electrons.